The second-order valence-electron chi connectivity index (χ2n) is 5.08. The molecule has 2 aromatic heterocycles. The fraction of sp³-hybridized carbons (Fsp3) is 0.500. The molecule has 3 heterocycles. The predicted molar refractivity (Wildman–Crippen MR) is 87.0 cm³/mol. The minimum absolute atomic E-state index is 0.261. The van der Waals surface area contributed by atoms with Gasteiger partial charge in [0.15, 0.2) is 10.8 Å². The van der Waals surface area contributed by atoms with E-state index in [1.807, 2.05) is 6.20 Å². The third-order valence-corrected chi connectivity index (χ3v) is 5.34. The van der Waals surface area contributed by atoms with Gasteiger partial charge in [0, 0.05) is 23.0 Å². The molecule has 0 spiro atoms. The van der Waals surface area contributed by atoms with Crippen LogP contribution in [0, 0.1) is 0 Å². The summed E-state index contributed by atoms with van der Waals surface area (Å²) in [6.45, 7) is 4.02. The average Bonchev–Trinajstić information content (AvgIpc) is 3.20. The summed E-state index contributed by atoms with van der Waals surface area (Å²) >= 11 is 3.05. The van der Waals surface area contributed by atoms with Gasteiger partial charge in [0.1, 0.15) is 5.01 Å². The lowest BCUT2D eigenvalue weighted by molar-refractivity contribution is 0.0520. The van der Waals surface area contributed by atoms with Crippen molar-refractivity contribution >= 4 is 33.8 Å². The van der Waals surface area contributed by atoms with Crippen molar-refractivity contribution in [3.8, 4) is 0 Å². The summed E-state index contributed by atoms with van der Waals surface area (Å²) in [4.78, 5) is 23.8. The van der Waals surface area contributed by atoms with Gasteiger partial charge in [-0.2, -0.15) is 0 Å². The van der Waals surface area contributed by atoms with E-state index in [1.54, 1.807) is 12.3 Å². The summed E-state index contributed by atoms with van der Waals surface area (Å²) in [5.74, 6) is -0.343. The van der Waals surface area contributed by atoms with Crippen LogP contribution < -0.4 is 5.73 Å². The topological polar surface area (TPSA) is 81.3 Å². The van der Waals surface area contributed by atoms with Gasteiger partial charge in [-0.3, -0.25) is 4.90 Å². The molecule has 1 fully saturated rings. The summed E-state index contributed by atoms with van der Waals surface area (Å²) in [5.41, 5.74) is 6.10. The van der Waals surface area contributed by atoms with Gasteiger partial charge >= 0.3 is 5.97 Å². The smallest absolute Gasteiger partial charge is 0.357 e. The number of hydrogen-bond donors (Lipinski definition) is 1. The highest BCUT2D eigenvalue weighted by molar-refractivity contribution is 7.15. The van der Waals surface area contributed by atoms with Crippen molar-refractivity contribution < 1.29 is 9.53 Å². The van der Waals surface area contributed by atoms with Crippen LogP contribution in [0.4, 0.5) is 5.13 Å². The Morgan fingerprint density at radius 1 is 1.59 bits per heavy atom. The first-order chi connectivity index (χ1) is 10.7. The van der Waals surface area contributed by atoms with Gasteiger partial charge in [0.2, 0.25) is 0 Å². The van der Waals surface area contributed by atoms with Crippen molar-refractivity contribution in [1.29, 1.82) is 0 Å². The molecule has 0 aliphatic carbocycles. The molecule has 0 bridgehead atoms. The number of hydrogen-bond acceptors (Lipinski definition) is 8. The first-order valence-electron chi connectivity index (χ1n) is 7.24. The van der Waals surface area contributed by atoms with Crippen LogP contribution in [0.15, 0.2) is 11.6 Å². The maximum atomic E-state index is 11.7. The summed E-state index contributed by atoms with van der Waals surface area (Å²) in [6, 6.07) is 0.261. The van der Waals surface area contributed by atoms with E-state index < -0.39 is 0 Å². The van der Waals surface area contributed by atoms with Crippen LogP contribution in [0.3, 0.4) is 0 Å². The zero-order valence-electron chi connectivity index (χ0n) is 12.3. The summed E-state index contributed by atoms with van der Waals surface area (Å²) in [6.07, 6.45) is 4.03. The number of aromatic nitrogens is 2. The third kappa shape index (κ3) is 3.29. The molecule has 1 aliphatic heterocycles. The van der Waals surface area contributed by atoms with Crippen molar-refractivity contribution in [2.75, 3.05) is 18.9 Å². The average molecular weight is 338 g/mol. The molecular weight excluding hydrogens is 320 g/mol. The molecule has 6 nitrogen and oxygen atoms in total. The number of anilines is 1. The van der Waals surface area contributed by atoms with Gasteiger partial charge in [-0.1, -0.05) is 0 Å². The molecule has 2 N–H and O–H groups in total. The fourth-order valence-corrected chi connectivity index (χ4v) is 4.30. The van der Waals surface area contributed by atoms with E-state index in [2.05, 4.69) is 14.9 Å². The van der Waals surface area contributed by atoms with Crippen LogP contribution in [0.5, 0.6) is 0 Å². The van der Waals surface area contributed by atoms with Crippen LogP contribution in [-0.2, 0) is 11.3 Å². The molecule has 0 amide bonds. The van der Waals surface area contributed by atoms with E-state index in [0.717, 1.165) is 35.8 Å². The van der Waals surface area contributed by atoms with Gasteiger partial charge in [-0.15, -0.1) is 22.7 Å². The van der Waals surface area contributed by atoms with E-state index in [9.17, 15) is 4.79 Å². The highest BCUT2D eigenvalue weighted by atomic mass is 32.1. The number of esters is 1. The molecule has 3 rings (SSSR count). The molecule has 1 atom stereocenters. The first-order valence-corrected chi connectivity index (χ1v) is 8.93. The van der Waals surface area contributed by atoms with Gasteiger partial charge < -0.3 is 10.5 Å². The maximum absolute atomic E-state index is 11.7. The van der Waals surface area contributed by atoms with Crippen LogP contribution in [0.25, 0.3) is 0 Å². The number of nitrogens with zero attached hydrogens (tertiary/aromatic N) is 3. The van der Waals surface area contributed by atoms with Crippen molar-refractivity contribution in [1.82, 2.24) is 14.9 Å². The summed E-state index contributed by atoms with van der Waals surface area (Å²) in [5, 5.41) is 3.37. The minimum atomic E-state index is -0.343. The monoisotopic (exact) mass is 338 g/mol. The number of likely N-dealkylation sites (tertiary alicyclic amines) is 1. The Hall–Kier alpha value is -1.51. The molecule has 0 radical (unpaired) electrons. The SMILES string of the molecule is CCOC(=O)c1csc(C2CCCN2Cc2cnc(N)s2)n1. The van der Waals surface area contributed by atoms with E-state index in [-0.39, 0.29) is 12.0 Å². The van der Waals surface area contributed by atoms with Crippen LogP contribution in [0.1, 0.15) is 46.2 Å². The lowest BCUT2D eigenvalue weighted by Crippen LogP contribution is -2.22. The number of thiazole rings is 2. The van der Waals surface area contributed by atoms with E-state index in [4.69, 9.17) is 10.5 Å². The van der Waals surface area contributed by atoms with Crippen molar-refractivity contribution in [2.45, 2.75) is 32.4 Å². The molecule has 22 heavy (non-hydrogen) atoms. The number of rotatable bonds is 5. The maximum Gasteiger partial charge on any atom is 0.357 e. The highest BCUT2D eigenvalue weighted by Crippen LogP contribution is 2.35. The predicted octanol–water partition coefficient (Wildman–Crippen LogP) is 2.70. The Morgan fingerprint density at radius 2 is 2.45 bits per heavy atom. The molecule has 2 aromatic rings. The van der Waals surface area contributed by atoms with Gasteiger partial charge in [0.25, 0.3) is 0 Å². The van der Waals surface area contributed by atoms with Crippen LogP contribution in [-0.4, -0.2) is 34.0 Å². The zero-order chi connectivity index (χ0) is 15.5. The molecule has 1 aliphatic rings. The standard InChI is InChI=1S/C14H18N4O2S2/c1-2-20-13(19)10-8-21-12(17-10)11-4-3-5-18(11)7-9-6-16-14(15)22-9/h6,8,11H,2-5,7H2,1H3,(H2,15,16). The number of nitrogen functional groups attached to an aromatic ring is 1. The summed E-state index contributed by atoms with van der Waals surface area (Å²) < 4.78 is 5.00. The largest absolute Gasteiger partial charge is 0.461 e. The summed E-state index contributed by atoms with van der Waals surface area (Å²) in [7, 11) is 0. The Kier molecular flexibility index (Phi) is 4.70. The molecule has 118 valence electrons. The van der Waals surface area contributed by atoms with E-state index >= 15 is 0 Å². The minimum Gasteiger partial charge on any atom is -0.461 e. The number of carbonyl (C=O) groups excluding carboxylic acids is 1. The number of carbonyl (C=O) groups is 1. The Balaban J connectivity index is 1.71. The number of nitrogens with two attached hydrogens (primary N) is 1. The molecule has 1 unspecified atom stereocenters. The highest BCUT2D eigenvalue weighted by Gasteiger charge is 2.29. The number of ether oxygens (including phenoxy) is 1. The zero-order valence-corrected chi connectivity index (χ0v) is 14.0. The molecular formula is C14H18N4O2S2. The Labute approximate surface area is 136 Å². The van der Waals surface area contributed by atoms with Gasteiger partial charge in [-0.25, -0.2) is 14.8 Å². The van der Waals surface area contributed by atoms with Crippen molar-refractivity contribution in [3.63, 3.8) is 0 Å². The van der Waals surface area contributed by atoms with E-state index in [1.165, 1.54) is 22.7 Å². The Bertz CT molecular complexity index is 655. The lowest BCUT2D eigenvalue weighted by Gasteiger charge is -2.21. The quantitative estimate of drug-likeness (QED) is 0.844. The molecule has 8 heteroatoms. The van der Waals surface area contributed by atoms with Crippen LogP contribution in [0.2, 0.25) is 0 Å². The lowest BCUT2D eigenvalue weighted by atomic mass is 10.2. The van der Waals surface area contributed by atoms with Crippen molar-refractivity contribution in [2.24, 2.45) is 0 Å². The molecule has 0 saturated carbocycles. The fourth-order valence-electron chi connectivity index (χ4n) is 2.63. The third-order valence-electron chi connectivity index (χ3n) is 3.59. The normalized spacial score (nSPS) is 18.7. The van der Waals surface area contributed by atoms with E-state index in [0.29, 0.717) is 17.4 Å². The van der Waals surface area contributed by atoms with Gasteiger partial charge in [0.05, 0.1) is 12.6 Å². The van der Waals surface area contributed by atoms with Crippen molar-refractivity contribution in [3.05, 3.63) is 27.2 Å². The van der Waals surface area contributed by atoms with Crippen LogP contribution >= 0.6 is 22.7 Å². The molecule has 0 aromatic carbocycles. The second kappa shape index (κ2) is 6.72. The second-order valence-corrected chi connectivity index (χ2v) is 7.12. The van der Waals surface area contributed by atoms with Gasteiger partial charge in [-0.05, 0) is 26.3 Å². The molecule has 1 saturated heterocycles. The Morgan fingerprint density at radius 3 is 3.18 bits per heavy atom. The first kappa shape index (κ1) is 15.4.